The summed E-state index contributed by atoms with van der Waals surface area (Å²) in [6.45, 7) is 1.77. The number of carbonyl (C=O) groups excluding carboxylic acids is 4. The van der Waals surface area contributed by atoms with E-state index in [-0.39, 0.29) is 36.1 Å². The number of para-hydroxylation sites is 1. The van der Waals surface area contributed by atoms with Crippen molar-refractivity contribution < 1.29 is 28.7 Å². The van der Waals surface area contributed by atoms with Gasteiger partial charge in [0, 0.05) is 12.0 Å². The molecule has 1 N–H and O–H groups in total. The molecule has 2 aliphatic heterocycles. The zero-order valence-electron chi connectivity index (χ0n) is 23.0. The van der Waals surface area contributed by atoms with E-state index in [4.69, 9.17) is 0 Å². The number of nitrogens with zero attached hydrogens (tertiary/aromatic N) is 2. The predicted octanol–water partition coefficient (Wildman–Crippen LogP) is 5.09. The molecule has 5 aliphatic rings. The van der Waals surface area contributed by atoms with Gasteiger partial charge in [-0.25, -0.2) is 9.29 Å². The third-order valence-electron chi connectivity index (χ3n) is 10.6. The Balaban J connectivity index is 1.35. The number of amides is 4. The molecular weight excluding hydrogens is 523 g/mol. The van der Waals surface area contributed by atoms with Gasteiger partial charge in [0.15, 0.2) is 11.6 Å². The van der Waals surface area contributed by atoms with Gasteiger partial charge < -0.3 is 5.11 Å². The van der Waals surface area contributed by atoms with E-state index >= 15 is 0 Å². The van der Waals surface area contributed by atoms with Crippen molar-refractivity contribution in [1.82, 2.24) is 4.90 Å². The number of phenolic OH excluding ortho intramolecular Hbond substituents is 1. The number of carbonyl (C=O) groups is 4. The van der Waals surface area contributed by atoms with E-state index in [0.717, 1.165) is 37.7 Å². The molecule has 2 heterocycles. The van der Waals surface area contributed by atoms with Gasteiger partial charge in [-0.2, -0.15) is 0 Å². The van der Waals surface area contributed by atoms with Gasteiger partial charge in [-0.3, -0.25) is 24.1 Å². The highest BCUT2D eigenvalue weighted by atomic mass is 19.1. The highest BCUT2D eigenvalue weighted by molar-refractivity contribution is 6.24. The van der Waals surface area contributed by atoms with Crippen LogP contribution in [0.1, 0.15) is 63.4 Å². The summed E-state index contributed by atoms with van der Waals surface area (Å²) in [5, 5.41) is 9.94. The minimum atomic E-state index is -1.24. The number of halogens is 1. The molecule has 0 aromatic heterocycles. The summed E-state index contributed by atoms with van der Waals surface area (Å²) < 4.78 is 14.8. The normalized spacial score (nSPS) is 33.5. The Morgan fingerprint density at radius 3 is 2.34 bits per heavy atom. The zero-order chi connectivity index (χ0) is 28.6. The van der Waals surface area contributed by atoms with Crippen molar-refractivity contribution >= 4 is 29.3 Å². The monoisotopic (exact) mass is 556 g/mol. The summed E-state index contributed by atoms with van der Waals surface area (Å²) >= 11 is 0. The minimum absolute atomic E-state index is 0.0862. The van der Waals surface area contributed by atoms with Gasteiger partial charge in [-0.05, 0) is 68.4 Å². The lowest BCUT2D eigenvalue weighted by molar-refractivity contribution is -0.144. The fourth-order valence-corrected chi connectivity index (χ4v) is 8.64. The molecule has 2 saturated carbocycles. The molecule has 7 nitrogen and oxygen atoms in total. The van der Waals surface area contributed by atoms with Crippen LogP contribution in [-0.4, -0.2) is 39.7 Å². The Morgan fingerprint density at radius 1 is 0.902 bits per heavy atom. The summed E-state index contributed by atoms with van der Waals surface area (Å²) in [4.78, 5) is 58.9. The van der Waals surface area contributed by atoms with Crippen LogP contribution in [0.5, 0.6) is 5.75 Å². The van der Waals surface area contributed by atoms with Crippen LogP contribution < -0.4 is 4.90 Å². The highest BCUT2D eigenvalue weighted by Gasteiger charge is 2.67. The van der Waals surface area contributed by atoms with Crippen molar-refractivity contribution in [3.05, 3.63) is 71.6 Å². The van der Waals surface area contributed by atoms with Crippen molar-refractivity contribution in [2.45, 2.75) is 63.8 Å². The largest absolute Gasteiger partial charge is 0.505 e. The molecule has 2 aromatic rings. The van der Waals surface area contributed by atoms with Crippen molar-refractivity contribution in [2.75, 3.05) is 4.90 Å². The van der Waals surface area contributed by atoms with Gasteiger partial charge in [-0.15, -0.1) is 0 Å². The van der Waals surface area contributed by atoms with E-state index in [9.17, 15) is 28.7 Å². The summed E-state index contributed by atoms with van der Waals surface area (Å²) in [5.41, 5.74) is 0.524. The number of likely N-dealkylation sites (tertiary alicyclic amines) is 1. The number of fused-ring (bicyclic) bond motifs is 4. The molecule has 212 valence electrons. The van der Waals surface area contributed by atoms with Gasteiger partial charge in [0.05, 0.1) is 28.9 Å². The molecule has 2 aromatic carbocycles. The quantitative estimate of drug-likeness (QED) is 0.420. The molecule has 41 heavy (non-hydrogen) atoms. The van der Waals surface area contributed by atoms with E-state index in [1.807, 2.05) is 12.1 Å². The van der Waals surface area contributed by atoms with Crippen LogP contribution in [0.4, 0.5) is 10.1 Å². The summed E-state index contributed by atoms with van der Waals surface area (Å²) in [6, 6.07) is 12.8. The Labute approximate surface area is 238 Å². The standard InChI is InChI=1S/C33H33FN2O5/c1-33-24(30(39)36(32(33)41)20-10-6-3-7-11-20)17-23-21(28(33)18-12-15-26(37)25(34)16-18)13-14-22-27(23)31(40)35(29(22)38)19-8-4-2-5-9-19/h3,6-7,10-13,15-16,19,22-24,27-28,37H,2,4-5,8-9,14,17H2,1H3. The van der Waals surface area contributed by atoms with E-state index in [2.05, 4.69) is 0 Å². The van der Waals surface area contributed by atoms with E-state index in [1.54, 1.807) is 37.3 Å². The zero-order valence-corrected chi connectivity index (χ0v) is 23.0. The molecule has 0 bridgehead atoms. The lowest BCUT2D eigenvalue weighted by Crippen LogP contribution is -2.49. The molecule has 4 amide bonds. The number of imide groups is 2. The molecule has 7 rings (SSSR count). The Bertz CT molecular complexity index is 1500. The number of benzene rings is 2. The molecule has 0 spiro atoms. The minimum Gasteiger partial charge on any atom is -0.505 e. The average molecular weight is 557 g/mol. The fraction of sp³-hybridized carbons (Fsp3) is 0.455. The van der Waals surface area contributed by atoms with Crippen LogP contribution in [0.3, 0.4) is 0 Å². The molecule has 4 fully saturated rings. The predicted molar refractivity (Wildman–Crippen MR) is 148 cm³/mol. The first-order valence-electron chi connectivity index (χ1n) is 14.7. The third-order valence-corrected chi connectivity index (χ3v) is 10.6. The Hall–Kier alpha value is -3.81. The number of anilines is 1. The number of aromatic hydroxyl groups is 1. The van der Waals surface area contributed by atoms with Crippen molar-refractivity contribution in [2.24, 2.45) is 29.1 Å². The molecule has 6 atom stereocenters. The molecule has 6 unspecified atom stereocenters. The molecule has 3 aliphatic carbocycles. The number of hydrogen-bond donors (Lipinski definition) is 1. The second-order valence-electron chi connectivity index (χ2n) is 12.5. The van der Waals surface area contributed by atoms with Crippen LogP contribution in [0, 0.1) is 34.9 Å². The van der Waals surface area contributed by atoms with Crippen LogP contribution in [0.2, 0.25) is 0 Å². The van der Waals surface area contributed by atoms with Gasteiger partial charge >= 0.3 is 0 Å². The Kier molecular flexibility index (Phi) is 5.96. The van der Waals surface area contributed by atoms with Crippen LogP contribution in [0.25, 0.3) is 0 Å². The van der Waals surface area contributed by atoms with E-state index in [1.165, 1.54) is 21.9 Å². The lowest BCUT2D eigenvalue weighted by Gasteiger charge is -2.49. The Morgan fingerprint density at radius 2 is 1.63 bits per heavy atom. The number of phenols is 1. The first-order chi connectivity index (χ1) is 19.7. The fourth-order valence-electron chi connectivity index (χ4n) is 8.64. The summed E-state index contributed by atoms with van der Waals surface area (Å²) in [6.07, 6.45) is 7.33. The van der Waals surface area contributed by atoms with Crippen molar-refractivity contribution in [3.8, 4) is 5.75 Å². The van der Waals surface area contributed by atoms with Gasteiger partial charge in [0.25, 0.3) is 0 Å². The molecular formula is C33H33FN2O5. The van der Waals surface area contributed by atoms with E-state index in [0.29, 0.717) is 17.7 Å². The average Bonchev–Trinajstić information content (AvgIpc) is 3.35. The number of rotatable bonds is 3. The van der Waals surface area contributed by atoms with Crippen molar-refractivity contribution in [1.29, 1.82) is 0 Å². The molecule has 8 heteroatoms. The van der Waals surface area contributed by atoms with Crippen LogP contribution in [0.15, 0.2) is 60.2 Å². The van der Waals surface area contributed by atoms with Gasteiger partial charge in [-0.1, -0.05) is 55.2 Å². The SMILES string of the molecule is CC12C(=O)N(c3ccccc3)C(=O)C1CC1C(=CCC3C(=O)N(C4CCCCC4)C(=O)C31)C2c1ccc(O)c(F)c1. The summed E-state index contributed by atoms with van der Waals surface area (Å²) in [5.74, 6) is -5.28. The smallest absolute Gasteiger partial charge is 0.241 e. The van der Waals surface area contributed by atoms with Gasteiger partial charge in [0.1, 0.15) is 0 Å². The number of allylic oxidation sites excluding steroid dienone is 2. The van der Waals surface area contributed by atoms with Gasteiger partial charge in [0.2, 0.25) is 23.6 Å². The maximum absolute atomic E-state index is 14.8. The second-order valence-corrected chi connectivity index (χ2v) is 12.5. The maximum atomic E-state index is 14.8. The number of hydrogen-bond acceptors (Lipinski definition) is 5. The van der Waals surface area contributed by atoms with Crippen LogP contribution >= 0.6 is 0 Å². The second kappa shape index (κ2) is 9.36. The molecule has 0 radical (unpaired) electrons. The van der Waals surface area contributed by atoms with Crippen molar-refractivity contribution in [3.63, 3.8) is 0 Å². The maximum Gasteiger partial charge on any atom is 0.241 e. The molecule has 2 saturated heterocycles. The summed E-state index contributed by atoms with van der Waals surface area (Å²) in [7, 11) is 0. The third kappa shape index (κ3) is 3.61. The lowest BCUT2D eigenvalue weighted by atomic mass is 9.51. The topological polar surface area (TPSA) is 95.0 Å². The van der Waals surface area contributed by atoms with E-state index < -0.39 is 46.6 Å². The first-order valence-corrected chi connectivity index (χ1v) is 14.7. The highest BCUT2D eigenvalue weighted by Crippen LogP contribution is 2.63. The first kappa shape index (κ1) is 26.1. The van der Waals surface area contributed by atoms with Crippen LogP contribution in [-0.2, 0) is 19.2 Å².